The Balaban J connectivity index is 0.00000218. The third-order valence-electron chi connectivity index (χ3n) is 4.95. The first kappa shape index (κ1) is 25.6. The van der Waals surface area contributed by atoms with Gasteiger partial charge in [-0.25, -0.2) is 4.99 Å². The van der Waals surface area contributed by atoms with Gasteiger partial charge < -0.3 is 26.4 Å². The van der Waals surface area contributed by atoms with Crippen molar-refractivity contribution in [1.29, 1.82) is 0 Å². The number of piperidine rings is 1. The van der Waals surface area contributed by atoms with Gasteiger partial charge in [-0.2, -0.15) is 0 Å². The molecule has 0 aromatic carbocycles. The van der Waals surface area contributed by atoms with Crippen molar-refractivity contribution in [2.75, 3.05) is 26.2 Å². The number of halogens is 1. The lowest BCUT2D eigenvalue weighted by molar-refractivity contribution is -0.00630. The van der Waals surface area contributed by atoms with E-state index < -0.39 is 0 Å². The van der Waals surface area contributed by atoms with Crippen LogP contribution in [0.2, 0.25) is 0 Å². The molecule has 30 heavy (non-hydrogen) atoms. The number of allylic oxidation sites excluding steroid dienone is 5. The molecule has 0 radical (unpaired) electrons. The minimum Gasteiger partial charge on any atom is -0.472 e. The van der Waals surface area contributed by atoms with Gasteiger partial charge in [-0.05, 0) is 69.5 Å². The predicted octanol–water partition coefficient (Wildman–Crippen LogP) is 3.76. The Morgan fingerprint density at radius 1 is 1.23 bits per heavy atom. The zero-order valence-electron chi connectivity index (χ0n) is 18.3. The van der Waals surface area contributed by atoms with Crippen molar-refractivity contribution < 1.29 is 4.74 Å². The number of rotatable bonds is 8. The molecule has 6 nitrogen and oxygen atoms in total. The molecular formula is C23H36ClN5O. The molecule has 2 heterocycles. The molecule has 166 valence electrons. The van der Waals surface area contributed by atoms with Crippen molar-refractivity contribution in [3.63, 3.8) is 0 Å². The van der Waals surface area contributed by atoms with E-state index in [0.29, 0.717) is 24.9 Å². The summed E-state index contributed by atoms with van der Waals surface area (Å²) in [5, 5.41) is 3.57. The summed E-state index contributed by atoms with van der Waals surface area (Å²) in [5.41, 5.74) is 14.6. The second-order valence-corrected chi connectivity index (χ2v) is 7.58. The molecule has 5 N–H and O–H groups in total. The summed E-state index contributed by atoms with van der Waals surface area (Å²) in [6.45, 7) is 20.9. The summed E-state index contributed by atoms with van der Waals surface area (Å²) in [5.74, 6) is 1.60. The van der Waals surface area contributed by atoms with Crippen LogP contribution in [0.15, 0.2) is 77.5 Å². The molecular weight excluding hydrogens is 398 g/mol. The van der Waals surface area contributed by atoms with Crippen molar-refractivity contribution in [3.05, 3.63) is 72.6 Å². The molecule has 0 aromatic rings. The van der Waals surface area contributed by atoms with E-state index in [4.69, 9.17) is 27.8 Å². The largest absolute Gasteiger partial charge is 0.472 e. The number of likely N-dealkylation sites (tertiary alicyclic amines) is 1. The summed E-state index contributed by atoms with van der Waals surface area (Å²) < 4.78 is 6.03. The van der Waals surface area contributed by atoms with Gasteiger partial charge in [-0.1, -0.05) is 24.8 Å². The average Bonchev–Trinajstić information content (AvgIpc) is 2.71. The Bertz CT molecular complexity index is 722. The summed E-state index contributed by atoms with van der Waals surface area (Å²) in [6.07, 6.45) is 7.39. The number of hydrogen-bond acceptors (Lipinski definition) is 6. The molecule has 0 amide bonds. The van der Waals surface area contributed by atoms with Crippen molar-refractivity contribution >= 4 is 17.3 Å². The lowest BCUT2D eigenvalue weighted by Crippen LogP contribution is -2.51. The first-order valence-electron chi connectivity index (χ1n) is 10.1. The van der Waals surface area contributed by atoms with Crippen LogP contribution >= 0.6 is 11.6 Å². The SMILES string of the molecule is C=C.C=C/C(=N/C(=C\C)N1CC(O/C(N)=C(/C=C(\N)Cl)C2CCNCC2)C1)C(=C)C. The second kappa shape index (κ2) is 13.0. The maximum Gasteiger partial charge on any atom is 0.188 e. The minimum absolute atomic E-state index is 0.00354. The highest BCUT2D eigenvalue weighted by Gasteiger charge is 2.31. The fourth-order valence-corrected chi connectivity index (χ4v) is 3.49. The number of nitrogens with one attached hydrogen (secondary N) is 1. The van der Waals surface area contributed by atoms with Gasteiger partial charge in [0, 0.05) is 5.57 Å². The van der Waals surface area contributed by atoms with Crippen molar-refractivity contribution in [3.8, 4) is 0 Å². The monoisotopic (exact) mass is 433 g/mol. The van der Waals surface area contributed by atoms with Gasteiger partial charge >= 0.3 is 0 Å². The van der Waals surface area contributed by atoms with E-state index in [9.17, 15) is 0 Å². The van der Waals surface area contributed by atoms with Crippen LogP contribution in [0.5, 0.6) is 0 Å². The van der Waals surface area contributed by atoms with E-state index in [1.165, 1.54) is 0 Å². The normalized spacial score (nSPS) is 19.8. The summed E-state index contributed by atoms with van der Waals surface area (Å²) in [6, 6.07) is 0. The first-order chi connectivity index (χ1) is 14.3. The van der Waals surface area contributed by atoms with Crippen LogP contribution in [0.1, 0.15) is 26.7 Å². The fraction of sp³-hybridized carbons (Fsp3) is 0.435. The third-order valence-corrected chi connectivity index (χ3v) is 5.06. The highest BCUT2D eigenvalue weighted by Crippen LogP contribution is 2.28. The van der Waals surface area contributed by atoms with Crippen LogP contribution < -0.4 is 16.8 Å². The number of nitrogens with two attached hydrogens (primary N) is 2. The average molecular weight is 434 g/mol. The lowest BCUT2D eigenvalue weighted by atomic mass is 9.90. The Kier molecular flexibility index (Phi) is 11.1. The highest BCUT2D eigenvalue weighted by atomic mass is 35.5. The standard InChI is InChI=1S/C21H32ClN5O.C2H4/c1-5-18(14(3)4)26-20(6-2)27-12-16(13-27)28-21(24)17(11-19(22)23)15-7-9-25-10-8-15;1-2/h5-6,11,15-16,25H,1,3,7-10,12-13,23-24H2,2,4H3;1-2H2/b19-11-,20-6+,21-17-,26-18-;. The van der Waals surface area contributed by atoms with Gasteiger partial charge in [-0.3, -0.25) is 0 Å². The summed E-state index contributed by atoms with van der Waals surface area (Å²) >= 11 is 5.92. The maximum absolute atomic E-state index is 6.30. The van der Waals surface area contributed by atoms with Crippen molar-refractivity contribution in [2.45, 2.75) is 32.8 Å². The summed E-state index contributed by atoms with van der Waals surface area (Å²) in [4.78, 5) is 6.77. The van der Waals surface area contributed by atoms with E-state index >= 15 is 0 Å². The van der Waals surface area contributed by atoms with Gasteiger partial charge in [-0.15, -0.1) is 13.2 Å². The quantitative estimate of drug-likeness (QED) is 0.178. The number of ether oxygens (including phenoxy) is 1. The second-order valence-electron chi connectivity index (χ2n) is 7.15. The van der Waals surface area contributed by atoms with Gasteiger partial charge in [0.2, 0.25) is 0 Å². The molecule has 0 spiro atoms. The molecule has 0 bridgehead atoms. The molecule has 2 aliphatic heterocycles. The zero-order chi connectivity index (χ0) is 22.7. The fourth-order valence-electron chi connectivity index (χ4n) is 3.38. The highest BCUT2D eigenvalue weighted by molar-refractivity contribution is 6.29. The molecule has 0 aliphatic carbocycles. The molecule has 0 aromatic heterocycles. The molecule has 7 heteroatoms. The molecule has 2 fully saturated rings. The van der Waals surface area contributed by atoms with E-state index in [2.05, 4.69) is 41.5 Å². The van der Waals surface area contributed by atoms with Gasteiger partial charge in [0.15, 0.2) is 5.88 Å². The Morgan fingerprint density at radius 2 is 1.83 bits per heavy atom. The van der Waals surface area contributed by atoms with Crippen LogP contribution in [-0.2, 0) is 4.74 Å². The Labute approximate surface area is 186 Å². The van der Waals surface area contributed by atoms with E-state index in [1.807, 2.05) is 19.9 Å². The number of hydrogen-bond donors (Lipinski definition) is 3. The molecule has 2 saturated heterocycles. The smallest absolute Gasteiger partial charge is 0.188 e. The lowest BCUT2D eigenvalue weighted by Gasteiger charge is -2.41. The van der Waals surface area contributed by atoms with Crippen LogP contribution in [0.3, 0.4) is 0 Å². The third kappa shape index (κ3) is 7.43. The van der Waals surface area contributed by atoms with Crippen LogP contribution in [0.4, 0.5) is 0 Å². The van der Waals surface area contributed by atoms with Crippen molar-refractivity contribution in [2.24, 2.45) is 22.4 Å². The van der Waals surface area contributed by atoms with Gasteiger partial charge in [0.1, 0.15) is 11.9 Å². The molecule has 2 rings (SSSR count). The van der Waals surface area contributed by atoms with E-state index in [1.54, 1.807) is 12.2 Å². The van der Waals surface area contributed by atoms with E-state index in [-0.39, 0.29) is 11.3 Å². The Hall–Kier alpha value is -2.44. The van der Waals surface area contributed by atoms with Crippen LogP contribution in [-0.4, -0.2) is 42.9 Å². The molecule has 2 aliphatic rings. The molecule has 0 saturated carbocycles. The van der Waals surface area contributed by atoms with Gasteiger partial charge in [0.25, 0.3) is 0 Å². The molecule has 0 atom stereocenters. The number of nitrogens with zero attached hydrogens (tertiary/aromatic N) is 2. The topological polar surface area (TPSA) is 88.9 Å². The van der Waals surface area contributed by atoms with Crippen LogP contribution in [0.25, 0.3) is 0 Å². The van der Waals surface area contributed by atoms with Gasteiger partial charge in [0.05, 0.1) is 24.0 Å². The number of aliphatic imine (C=N–C) groups is 1. The first-order valence-corrected chi connectivity index (χ1v) is 10.5. The predicted molar refractivity (Wildman–Crippen MR) is 129 cm³/mol. The minimum atomic E-state index is 0.00354. The van der Waals surface area contributed by atoms with Crippen LogP contribution in [0, 0.1) is 5.92 Å². The maximum atomic E-state index is 6.30. The van der Waals surface area contributed by atoms with E-state index in [0.717, 1.165) is 48.6 Å². The Morgan fingerprint density at radius 3 is 2.30 bits per heavy atom. The summed E-state index contributed by atoms with van der Waals surface area (Å²) in [7, 11) is 0. The van der Waals surface area contributed by atoms with Crippen molar-refractivity contribution in [1.82, 2.24) is 10.2 Å². The molecule has 0 unspecified atom stereocenters. The zero-order valence-corrected chi connectivity index (χ0v) is 19.0.